The second-order valence-electron chi connectivity index (χ2n) is 5.50. The molecular weight excluding hydrogens is 232 g/mol. The van der Waals surface area contributed by atoms with Gasteiger partial charge >= 0.3 is 0 Å². The lowest BCUT2D eigenvalue weighted by molar-refractivity contribution is 0.549. The van der Waals surface area contributed by atoms with Gasteiger partial charge in [-0.25, -0.2) is 8.36 Å². The molecule has 0 heterocycles. The number of nitrogens with zero attached hydrogens (tertiary/aromatic N) is 1. The minimum absolute atomic E-state index is 1.51. The van der Waals surface area contributed by atoms with Crippen LogP contribution >= 0.6 is 0 Å². The molecule has 0 aromatic carbocycles. The minimum Gasteiger partial charge on any atom is -0.225 e. The highest BCUT2D eigenvalue weighted by molar-refractivity contribution is 7.90. The van der Waals surface area contributed by atoms with Crippen molar-refractivity contribution in [1.29, 1.82) is 0 Å². The topological polar surface area (TPSA) is 49.4 Å². The van der Waals surface area contributed by atoms with Gasteiger partial charge in [0.25, 0.3) is 10.2 Å². The molecule has 0 aromatic rings. The van der Waals surface area contributed by atoms with Gasteiger partial charge in [-0.3, -0.25) is 0 Å². The molecule has 0 aliphatic rings. The first-order chi connectivity index (χ1) is 5.86. The normalized spacial score (nSPS) is 14.9. The third-order valence-electron chi connectivity index (χ3n) is 1.74. The summed E-state index contributed by atoms with van der Waals surface area (Å²) in [6.45, 7) is 12.0. The Bertz CT molecular complexity index is 290. The molecule has 0 saturated heterocycles. The van der Waals surface area contributed by atoms with Gasteiger partial charge in [-0.15, -0.1) is 0 Å². The first kappa shape index (κ1) is 14.3. The van der Waals surface area contributed by atoms with Crippen LogP contribution in [0.2, 0.25) is 39.3 Å². The predicted octanol–water partition coefficient (Wildman–Crippen LogP) is 1.42. The molecule has 0 amide bonds. The van der Waals surface area contributed by atoms with Gasteiger partial charge in [0.1, 0.15) is 16.5 Å². The minimum atomic E-state index is -3.27. The number of hydrogen-bond donors (Lipinski definition) is 1. The van der Waals surface area contributed by atoms with Crippen molar-refractivity contribution in [3.8, 4) is 0 Å². The molecule has 0 unspecified atom stereocenters. The largest absolute Gasteiger partial charge is 0.267 e. The van der Waals surface area contributed by atoms with E-state index in [0.29, 0.717) is 0 Å². The van der Waals surface area contributed by atoms with E-state index >= 15 is 0 Å². The Morgan fingerprint density at radius 3 is 1.57 bits per heavy atom. The molecule has 0 aliphatic carbocycles. The van der Waals surface area contributed by atoms with Crippen molar-refractivity contribution < 1.29 is 8.42 Å². The Morgan fingerprint density at radius 2 is 1.36 bits per heavy atom. The monoisotopic (exact) mass is 254 g/mol. The maximum Gasteiger partial charge on any atom is 0.267 e. The zero-order valence-corrected chi connectivity index (χ0v) is 13.0. The summed E-state index contributed by atoms with van der Waals surface area (Å²) in [6, 6.07) is 0. The van der Waals surface area contributed by atoms with E-state index in [1.54, 1.807) is 7.05 Å². The van der Waals surface area contributed by atoms with Gasteiger partial charge in [-0.05, 0) is 7.05 Å². The van der Waals surface area contributed by atoms with E-state index < -0.39 is 26.7 Å². The fourth-order valence-electron chi connectivity index (χ4n) is 0.816. The Balaban J connectivity index is 4.83. The van der Waals surface area contributed by atoms with Crippen molar-refractivity contribution in [1.82, 2.24) is 8.36 Å². The van der Waals surface area contributed by atoms with Crippen molar-refractivity contribution in [2.45, 2.75) is 39.3 Å². The van der Waals surface area contributed by atoms with Crippen LogP contribution in [0.3, 0.4) is 0 Å². The van der Waals surface area contributed by atoms with Crippen LogP contribution in [-0.4, -0.2) is 35.9 Å². The van der Waals surface area contributed by atoms with Crippen LogP contribution in [0.4, 0.5) is 0 Å². The van der Waals surface area contributed by atoms with Gasteiger partial charge in [-0.2, -0.15) is 8.42 Å². The molecule has 0 fully saturated rings. The van der Waals surface area contributed by atoms with Crippen molar-refractivity contribution >= 4 is 26.7 Å². The molecule has 0 bridgehead atoms. The first-order valence-corrected chi connectivity index (χ1v) is 13.0. The Hall–Kier alpha value is 0.304. The van der Waals surface area contributed by atoms with Crippen LogP contribution in [-0.2, 0) is 10.2 Å². The lowest BCUT2D eigenvalue weighted by Gasteiger charge is -2.31. The SMILES string of the molecule is CN([Si](C)(C)C)S(=O)(=O)N[Si](C)(C)C. The van der Waals surface area contributed by atoms with Crippen molar-refractivity contribution in [3.05, 3.63) is 0 Å². The average molecular weight is 255 g/mol. The van der Waals surface area contributed by atoms with Crippen LogP contribution in [0.25, 0.3) is 0 Å². The summed E-state index contributed by atoms with van der Waals surface area (Å²) >= 11 is 0. The average Bonchev–Trinajstić information content (AvgIpc) is 1.78. The molecule has 0 saturated carbocycles. The third kappa shape index (κ3) is 4.69. The van der Waals surface area contributed by atoms with Gasteiger partial charge in [-0.1, -0.05) is 39.3 Å². The smallest absolute Gasteiger partial charge is 0.225 e. The standard InChI is InChI=1S/C7H22N2O2SSi2/c1-9(14(5,6)7)12(10,11)8-13(2,3)4/h8H,1-7H3. The van der Waals surface area contributed by atoms with E-state index in [4.69, 9.17) is 0 Å². The first-order valence-electron chi connectivity index (χ1n) is 4.64. The van der Waals surface area contributed by atoms with Crippen molar-refractivity contribution in [3.63, 3.8) is 0 Å². The predicted molar refractivity (Wildman–Crippen MR) is 66.5 cm³/mol. The van der Waals surface area contributed by atoms with E-state index in [0.717, 1.165) is 0 Å². The van der Waals surface area contributed by atoms with Gasteiger partial charge < -0.3 is 0 Å². The lowest BCUT2D eigenvalue weighted by Crippen LogP contribution is -2.57. The Morgan fingerprint density at radius 1 is 1.00 bits per heavy atom. The van der Waals surface area contributed by atoms with Gasteiger partial charge in [0.2, 0.25) is 0 Å². The molecule has 0 aliphatic heterocycles. The summed E-state index contributed by atoms with van der Waals surface area (Å²) in [6.07, 6.45) is 0. The molecule has 86 valence electrons. The van der Waals surface area contributed by atoms with E-state index in [2.05, 4.69) is 4.39 Å². The van der Waals surface area contributed by atoms with E-state index in [-0.39, 0.29) is 0 Å². The Kier molecular flexibility index (Phi) is 4.14. The highest BCUT2D eigenvalue weighted by atomic mass is 32.2. The summed E-state index contributed by atoms with van der Waals surface area (Å²) in [7, 11) is -5.19. The van der Waals surface area contributed by atoms with Gasteiger partial charge in [0.15, 0.2) is 0 Å². The molecule has 0 radical (unpaired) electrons. The highest BCUT2D eigenvalue weighted by Crippen LogP contribution is 2.12. The van der Waals surface area contributed by atoms with Crippen LogP contribution in [0.15, 0.2) is 0 Å². The van der Waals surface area contributed by atoms with E-state index in [1.807, 2.05) is 39.3 Å². The molecular formula is C7H22N2O2SSi2. The van der Waals surface area contributed by atoms with Crippen LogP contribution in [0, 0.1) is 0 Å². The van der Waals surface area contributed by atoms with Gasteiger partial charge in [0, 0.05) is 0 Å². The summed E-state index contributed by atoms with van der Waals surface area (Å²) in [5.74, 6) is 0. The Labute approximate surface area is 90.1 Å². The molecule has 7 heteroatoms. The van der Waals surface area contributed by atoms with E-state index in [9.17, 15) is 8.42 Å². The quantitative estimate of drug-likeness (QED) is 0.772. The maximum absolute atomic E-state index is 11.9. The molecule has 1 N–H and O–H groups in total. The summed E-state index contributed by atoms with van der Waals surface area (Å²) in [5, 5.41) is 0. The van der Waals surface area contributed by atoms with E-state index in [1.165, 1.54) is 3.97 Å². The molecule has 14 heavy (non-hydrogen) atoms. The van der Waals surface area contributed by atoms with Crippen LogP contribution in [0.5, 0.6) is 0 Å². The molecule has 0 rings (SSSR count). The number of hydrogen-bond acceptors (Lipinski definition) is 2. The summed E-state index contributed by atoms with van der Waals surface area (Å²) < 4.78 is 28.0. The van der Waals surface area contributed by atoms with Crippen molar-refractivity contribution in [2.75, 3.05) is 7.05 Å². The summed E-state index contributed by atoms with van der Waals surface area (Å²) in [5.41, 5.74) is 0. The second kappa shape index (κ2) is 4.05. The third-order valence-corrected chi connectivity index (χ3v) is 10.2. The molecule has 0 atom stereocenters. The molecule has 0 spiro atoms. The molecule has 0 aromatic heterocycles. The highest BCUT2D eigenvalue weighted by Gasteiger charge is 2.33. The number of rotatable bonds is 4. The fraction of sp³-hybridized carbons (Fsp3) is 1.00. The fourth-order valence-corrected chi connectivity index (χ4v) is 7.75. The second-order valence-corrected chi connectivity index (χ2v) is 17.6. The van der Waals surface area contributed by atoms with Gasteiger partial charge in [0.05, 0.1) is 0 Å². The zero-order valence-electron chi connectivity index (χ0n) is 10.2. The van der Waals surface area contributed by atoms with Crippen LogP contribution < -0.4 is 4.39 Å². The summed E-state index contributed by atoms with van der Waals surface area (Å²) in [4.78, 5) is 0. The molecule has 4 nitrogen and oxygen atoms in total. The lowest BCUT2D eigenvalue weighted by atomic mass is 11.6. The maximum atomic E-state index is 11.9. The van der Waals surface area contributed by atoms with Crippen molar-refractivity contribution in [2.24, 2.45) is 0 Å². The van der Waals surface area contributed by atoms with Crippen LogP contribution in [0.1, 0.15) is 0 Å². The number of nitrogens with one attached hydrogen (secondary N) is 1. The zero-order chi connectivity index (χ0) is 11.8.